The molecule has 0 bridgehead atoms. The molecule has 1 aromatic heterocycles. The molecular formula is C28H26Cl2N4O2S. The second kappa shape index (κ2) is 11.6. The predicted octanol–water partition coefficient (Wildman–Crippen LogP) is 6.63. The SMILES string of the molecule is COc1cc(NSc2cccc3cccnc23)ccc1C(=O)N1CCN(Cc2cccc(Cl)c2Cl)CC1. The lowest BCUT2D eigenvalue weighted by Gasteiger charge is -2.35. The smallest absolute Gasteiger partial charge is 0.257 e. The topological polar surface area (TPSA) is 57.7 Å². The van der Waals surface area contributed by atoms with Crippen molar-refractivity contribution in [1.82, 2.24) is 14.8 Å². The Hall–Kier alpha value is -2.97. The van der Waals surface area contributed by atoms with Crippen LogP contribution in [-0.4, -0.2) is 54.0 Å². The summed E-state index contributed by atoms with van der Waals surface area (Å²) in [6.07, 6.45) is 1.79. The van der Waals surface area contributed by atoms with Gasteiger partial charge in [0.15, 0.2) is 0 Å². The highest BCUT2D eigenvalue weighted by atomic mass is 35.5. The Morgan fingerprint density at radius 2 is 1.81 bits per heavy atom. The highest BCUT2D eigenvalue weighted by molar-refractivity contribution is 8.00. The van der Waals surface area contributed by atoms with E-state index in [0.29, 0.717) is 41.0 Å². The number of anilines is 1. The minimum absolute atomic E-state index is 0.0326. The molecule has 0 atom stereocenters. The molecule has 1 saturated heterocycles. The Morgan fingerprint density at radius 1 is 1.03 bits per heavy atom. The summed E-state index contributed by atoms with van der Waals surface area (Å²) in [5, 5.41) is 2.24. The van der Waals surface area contributed by atoms with E-state index in [1.165, 1.54) is 11.9 Å². The maximum atomic E-state index is 13.3. The lowest BCUT2D eigenvalue weighted by Crippen LogP contribution is -2.48. The van der Waals surface area contributed by atoms with Crippen molar-refractivity contribution in [1.29, 1.82) is 0 Å². The average Bonchev–Trinajstić information content (AvgIpc) is 2.94. The van der Waals surface area contributed by atoms with Crippen molar-refractivity contribution in [2.24, 2.45) is 0 Å². The quantitative estimate of drug-likeness (QED) is 0.260. The number of hydrogen-bond donors (Lipinski definition) is 1. The van der Waals surface area contributed by atoms with Crippen LogP contribution in [-0.2, 0) is 6.54 Å². The van der Waals surface area contributed by atoms with E-state index < -0.39 is 0 Å². The molecule has 9 heteroatoms. The summed E-state index contributed by atoms with van der Waals surface area (Å²) in [6, 6.07) is 21.3. The third kappa shape index (κ3) is 5.80. The van der Waals surface area contributed by atoms with Gasteiger partial charge in [-0.3, -0.25) is 14.7 Å². The Kier molecular flexibility index (Phi) is 8.05. The molecular weight excluding hydrogens is 527 g/mol. The number of piperazine rings is 1. The fraction of sp³-hybridized carbons (Fsp3) is 0.214. The van der Waals surface area contributed by atoms with E-state index in [1.807, 2.05) is 65.6 Å². The van der Waals surface area contributed by atoms with Gasteiger partial charge >= 0.3 is 0 Å². The van der Waals surface area contributed by atoms with Crippen LogP contribution in [0.3, 0.4) is 0 Å². The van der Waals surface area contributed by atoms with Crippen LogP contribution in [0.15, 0.2) is 77.8 Å². The number of hydrogen-bond acceptors (Lipinski definition) is 6. The van der Waals surface area contributed by atoms with Crippen molar-refractivity contribution in [3.05, 3.63) is 94.1 Å². The maximum absolute atomic E-state index is 13.3. The number of fused-ring (bicyclic) bond motifs is 1. The molecule has 5 rings (SSSR count). The van der Waals surface area contributed by atoms with Crippen molar-refractivity contribution in [2.45, 2.75) is 11.4 Å². The second-order valence-corrected chi connectivity index (χ2v) is 10.4. The third-order valence-electron chi connectivity index (χ3n) is 6.39. The molecule has 4 aromatic rings. The molecule has 0 unspecified atom stereocenters. The summed E-state index contributed by atoms with van der Waals surface area (Å²) in [6.45, 7) is 3.47. The van der Waals surface area contributed by atoms with Gasteiger partial charge in [-0.1, -0.05) is 53.5 Å². The first kappa shape index (κ1) is 25.7. The van der Waals surface area contributed by atoms with Crippen molar-refractivity contribution in [3.63, 3.8) is 0 Å². The normalized spacial score (nSPS) is 14.1. The number of nitrogens with zero attached hydrogens (tertiary/aromatic N) is 3. The fourth-order valence-corrected chi connectivity index (χ4v) is 5.54. The van der Waals surface area contributed by atoms with E-state index in [0.717, 1.165) is 40.1 Å². The number of pyridine rings is 1. The number of benzene rings is 3. The number of ether oxygens (including phenoxy) is 1. The number of methoxy groups -OCH3 is 1. The third-order valence-corrected chi connectivity index (χ3v) is 8.14. The number of nitrogens with one attached hydrogen (secondary N) is 1. The molecule has 0 radical (unpaired) electrons. The molecule has 2 heterocycles. The number of amides is 1. The zero-order valence-electron chi connectivity index (χ0n) is 20.3. The summed E-state index contributed by atoms with van der Waals surface area (Å²) in [7, 11) is 1.59. The van der Waals surface area contributed by atoms with Crippen LogP contribution in [0, 0.1) is 0 Å². The molecule has 190 valence electrons. The summed E-state index contributed by atoms with van der Waals surface area (Å²) >= 11 is 14.0. The highest BCUT2D eigenvalue weighted by Crippen LogP contribution is 2.31. The molecule has 1 fully saturated rings. The lowest BCUT2D eigenvalue weighted by atomic mass is 10.1. The molecule has 1 aliphatic heterocycles. The van der Waals surface area contributed by atoms with Gasteiger partial charge in [0.2, 0.25) is 0 Å². The minimum Gasteiger partial charge on any atom is -0.496 e. The number of rotatable bonds is 7. The molecule has 37 heavy (non-hydrogen) atoms. The van der Waals surface area contributed by atoms with Gasteiger partial charge in [0.05, 0.1) is 33.1 Å². The van der Waals surface area contributed by atoms with Crippen molar-refractivity contribution in [3.8, 4) is 5.75 Å². The second-order valence-electron chi connectivity index (χ2n) is 8.73. The van der Waals surface area contributed by atoms with Gasteiger partial charge in [0.25, 0.3) is 5.91 Å². The predicted molar refractivity (Wildman–Crippen MR) is 152 cm³/mol. The Morgan fingerprint density at radius 3 is 2.62 bits per heavy atom. The molecule has 0 saturated carbocycles. The summed E-state index contributed by atoms with van der Waals surface area (Å²) < 4.78 is 8.95. The molecule has 0 aliphatic carbocycles. The van der Waals surface area contributed by atoms with E-state index >= 15 is 0 Å². The van der Waals surface area contributed by atoms with Crippen LogP contribution in [0.2, 0.25) is 10.0 Å². The molecule has 3 aromatic carbocycles. The zero-order chi connectivity index (χ0) is 25.8. The van der Waals surface area contributed by atoms with E-state index in [9.17, 15) is 4.79 Å². The van der Waals surface area contributed by atoms with Gasteiger partial charge in [-0.05, 0) is 47.8 Å². The number of para-hydroxylation sites is 1. The van der Waals surface area contributed by atoms with Gasteiger partial charge in [0.1, 0.15) is 5.75 Å². The molecule has 1 N–H and O–H groups in total. The van der Waals surface area contributed by atoms with Crippen LogP contribution in [0.4, 0.5) is 5.69 Å². The van der Waals surface area contributed by atoms with Gasteiger partial charge in [0, 0.05) is 56.1 Å². The van der Waals surface area contributed by atoms with Crippen molar-refractivity contribution in [2.75, 3.05) is 38.0 Å². The van der Waals surface area contributed by atoms with Crippen LogP contribution >= 0.6 is 35.1 Å². The average molecular weight is 554 g/mol. The number of halogens is 2. The largest absolute Gasteiger partial charge is 0.496 e. The van der Waals surface area contributed by atoms with Crippen LogP contribution in [0.1, 0.15) is 15.9 Å². The summed E-state index contributed by atoms with van der Waals surface area (Å²) in [5.41, 5.74) is 3.33. The standard InChI is InChI=1S/C28H26Cl2N4O2S/c1-36-24-17-21(32-37-25-9-3-5-19-7-4-12-31-27(19)25)10-11-22(24)28(35)34-15-13-33(14-16-34)18-20-6-2-8-23(29)26(20)30/h2-12,17,32H,13-16,18H2,1H3. The Bertz CT molecular complexity index is 1420. The lowest BCUT2D eigenvalue weighted by molar-refractivity contribution is 0.0625. The van der Waals surface area contributed by atoms with Gasteiger partial charge in [-0.25, -0.2) is 0 Å². The molecule has 1 aliphatic rings. The monoisotopic (exact) mass is 552 g/mol. The first-order valence-electron chi connectivity index (χ1n) is 11.9. The van der Waals surface area contributed by atoms with E-state index in [1.54, 1.807) is 19.4 Å². The number of aromatic nitrogens is 1. The first-order valence-corrected chi connectivity index (χ1v) is 13.5. The van der Waals surface area contributed by atoms with Crippen LogP contribution in [0.25, 0.3) is 10.9 Å². The maximum Gasteiger partial charge on any atom is 0.257 e. The Balaban J connectivity index is 1.22. The van der Waals surface area contributed by atoms with Crippen molar-refractivity contribution < 1.29 is 9.53 Å². The Labute approximate surface area is 230 Å². The summed E-state index contributed by atoms with van der Waals surface area (Å²) in [5.74, 6) is 0.509. The van der Waals surface area contributed by atoms with E-state index in [2.05, 4.69) is 14.6 Å². The van der Waals surface area contributed by atoms with Gasteiger partial charge in [-0.2, -0.15) is 0 Å². The first-order chi connectivity index (χ1) is 18.0. The zero-order valence-corrected chi connectivity index (χ0v) is 22.6. The van der Waals surface area contributed by atoms with Crippen LogP contribution < -0.4 is 9.46 Å². The molecule has 0 spiro atoms. The summed E-state index contributed by atoms with van der Waals surface area (Å²) in [4.78, 5) is 23.0. The van der Waals surface area contributed by atoms with Gasteiger partial charge in [-0.15, -0.1) is 0 Å². The molecule has 1 amide bonds. The fourth-order valence-electron chi connectivity index (χ4n) is 4.39. The number of carbonyl (C=O) groups is 1. The van der Waals surface area contributed by atoms with E-state index in [4.69, 9.17) is 27.9 Å². The highest BCUT2D eigenvalue weighted by Gasteiger charge is 2.25. The van der Waals surface area contributed by atoms with Crippen molar-refractivity contribution >= 4 is 57.6 Å². The van der Waals surface area contributed by atoms with Crippen LogP contribution in [0.5, 0.6) is 5.75 Å². The molecule has 6 nitrogen and oxygen atoms in total. The van der Waals surface area contributed by atoms with E-state index in [-0.39, 0.29) is 5.91 Å². The van der Waals surface area contributed by atoms with Gasteiger partial charge < -0.3 is 14.4 Å². The minimum atomic E-state index is -0.0326. The number of carbonyl (C=O) groups excluding carboxylic acids is 1.